The fourth-order valence-electron chi connectivity index (χ4n) is 1.85. The number of hydrogen-bond donors (Lipinski definition) is 1. The maximum Gasteiger partial charge on any atom is 0.442 e. The van der Waals surface area contributed by atoms with E-state index in [1.165, 1.54) is 12.1 Å². The Labute approximate surface area is 102 Å². The predicted molar refractivity (Wildman–Crippen MR) is 60.2 cm³/mol. The van der Waals surface area contributed by atoms with E-state index < -0.39 is 13.8 Å². The van der Waals surface area contributed by atoms with E-state index in [1.807, 2.05) is 0 Å². The molecule has 1 unspecified atom stereocenters. The molecule has 0 fully saturated rings. The summed E-state index contributed by atoms with van der Waals surface area (Å²) in [6.45, 7) is 0. The number of ketones is 1. The van der Waals surface area contributed by atoms with E-state index in [9.17, 15) is 18.1 Å². The number of hydrogen-bond acceptors (Lipinski definition) is 3. The summed E-state index contributed by atoms with van der Waals surface area (Å²) >= 11 is 0. The van der Waals surface area contributed by atoms with Crippen LogP contribution in [0.5, 0.6) is 5.75 Å². The van der Waals surface area contributed by atoms with Crippen LogP contribution in [0.15, 0.2) is 18.2 Å². The first-order valence-electron chi connectivity index (χ1n) is 5.36. The summed E-state index contributed by atoms with van der Waals surface area (Å²) in [5.74, 6) is -0.290. The highest BCUT2D eigenvalue weighted by Gasteiger charge is 2.34. The Kier molecular flexibility index (Phi) is 3.50. The van der Waals surface area contributed by atoms with Gasteiger partial charge in [0.15, 0.2) is 5.78 Å². The van der Waals surface area contributed by atoms with Crippen molar-refractivity contribution in [3.8, 4) is 5.75 Å². The molecule has 1 aliphatic rings. The van der Waals surface area contributed by atoms with Gasteiger partial charge in [-0.3, -0.25) is 4.79 Å². The largest absolute Gasteiger partial charge is 0.442 e. The standard InChI is InChI=1S/C11H11F2O4P/c12-11(13)18(15,16)17-8-5-4-7-2-1-3-10(14)9(7)6-8/h4-6,11H,1-3H2,(H,15,16). The SMILES string of the molecule is O=C1CCCc2ccc(OP(=O)(O)C(F)F)cc21. The fraction of sp³-hybridized carbons (Fsp3) is 0.364. The molecule has 0 amide bonds. The predicted octanol–water partition coefficient (Wildman–Crippen LogP) is 2.99. The van der Waals surface area contributed by atoms with E-state index >= 15 is 0 Å². The van der Waals surface area contributed by atoms with Crippen LogP contribution in [0.25, 0.3) is 0 Å². The van der Waals surface area contributed by atoms with Crippen LogP contribution >= 0.6 is 7.60 Å². The zero-order valence-electron chi connectivity index (χ0n) is 9.31. The molecular formula is C11H11F2O4P. The molecule has 0 aromatic heterocycles. The molecule has 2 rings (SSSR count). The lowest BCUT2D eigenvalue weighted by atomic mass is 9.91. The average molecular weight is 276 g/mol. The molecule has 0 bridgehead atoms. The second kappa shape index (κ2) is 4.78. The minimum atomic E-state index is -4.99. The minimum absolute atomic E-state index is 0.105. The van der Waals surface area contributed by atoms with Crippen molar-refractivity contribution < 1.29 is 27.6 Å². The number of halogens is 2. The van der Waals surface area contributed by atoms with Gasteiger partial charge in [0.1, 0.15) is 5.75 Å². The molecular weight excluding hydrogens is 265 g/mol. The molecule has 1 atom stereocenters. The number of rotatable bonds is 3. The number of carbonyl (C=O) groups excluding carboxylic acids is 1. The molecule has 0 radical (unpaired) electrons. The van der Waals surface area contributed by atoms with Crippen LogP contribution in [0, 0.1) is 0 Å². The monoisotopic (exact) mass is 276 g/mol. The van der Waals surface area contributed by atoms with Crippen molar-refractivity contribution in [2.45, 2.75) is 25.4 Å². The van der Waals surface area contributed by atoms with Crippen molar-refractivity contribution in [1.29, 1.82) is 0 Å². The summed E-state index contributed by atoms with van der Waals surface area (Å²) in [5, 5.41) is 0. The van der Waals surface area contributed by atoms with Gasteiger partial charge < -0.3 is 9.42 Å². The highest BCUT2D eigenvalue weighted by molar-refractivity contribution is 7.53. The number of benzene rings is 1. The van der Waals surface area contributed by atoms with Gasteiger partial charge >= 0.3 is 13.8 Å². The topological polar surface area (TPSA) is 63.6 Å². The summed E-state index contributed by atoms with van der Waals surface area (Å²) in [5.41, 5.74) is 1.19. The second-order valence-electron chi connectivity index (χ2n) is 4.03. The zero-order chi connectivity index (χ0) is 13.3. The molecule has 0 aliphatic heterocycles. The number of aryl methyl sites for hydroxylation is 1. The fourth-order valence-corrected chi connectivity index (χ4v) is 2.35. The smallest absolute Gasteiger partial charge is 0.421 e. The first-order valence-corrected chi connectivity index (χ1v) is 7.01. The van der Waals surface area contributed by atoms with Crippen molar-refractivity contribution in [3.05, 3.63) is 29.3 Å². The maximum atomic E-state index is 12.2. The Morgan fingerprint density at radius 1 is 1.33 bits per heavy atom. The van der Waals surface area contributed by atoms with Crippen LogP contribution in [0.3, 0.4) is 0 Å². The van der Waals surface area contributed by atoms with E-state index in [2.05, 4.69) is 4.52 Å². The number of fused-ring (bicyclic) bond motifs is 1. The van der Waals surface area contributed by atoms with E-state index in [-0.39, 0.29) is 11.5 Å². The maximum absolute atomic E-state index is 12.2. The molecule has 7 heteroatoms. The van der Waals surface area contributed by atoms with Crippen LogP contribution < -0.4 is 4.52 Å². The van der Waals surface area contributed by atoms with Crippen molar-refractivity contribution in [3.63, 3.8) is 0 Å². The van der Waals surface area contributed by atoms with Gasteiger partial charge in [0, 0.05) is 12.0 Å². The summed E-state index contributed by atoms with van der Waals surface area (Å²) in [7, 11) is -4.99. The summed E-state index contributed by atoms with van der Waals surface area (Å²) in [6.07, 6.45) is -1.60. The Hall–Kier alpha value is -1.26. The molecule has 0 saturated carbocycles. The lowest BCUT2D eigenvalue weighted by Gasteiger charge is -2.17. The quantitative estimate of drug-likeness (QED) is 0.862. The lowest BCUT2D eigenvalue weighted by molar-refractivity contribution is 0.0972. The van der Waals surface area contributed by atoms with Gasteiger partial charge in [-0.15, -0.1) is 0 Å². The molecule has 0 spiro atoms. The molecule has 0 heterocycles. The van der Waals surface area contributed by atoms with E-state index in [4.69, 9.17) is 4.89 Å². The molecule has 98 valence electrons. The third kappa shape index (κ3) is 2.60. The van der Waals surface area contributed by atoms with E-state index in [0.717, 1.165) is 18.4 Å². The minimum Gasteiger partial charge on any atom is -0.421 e. The summed E-state index contributed by atoms with van der Waals surface area (Å²) < 4.78 is 39.8. The van der Waals surface area contributed by atoms with Gasteiger partial charge in [-0.2, -0.15) is 8.78 Å². The van der Waals surface area contributed by atoms with Crippen LogP contribution in [0.4, 0.5) is 8.78 Å². The Morgan fingerprint density at radius 2 is 2.06 bits per heavy atom. The van der Waals surface area contributed by atoms with Crippen molar-refractivity contribution in [2.75, 3.05) is 0 Å². The Morgan fingerprint density at radius 3 is 2.72 bits per heavy atom. The normalized spacial score (nSPS) is 18.3. The van der Waals surface area contributed by atoms with Gasteiger partial charge in [0.2, 0.25) is 0 Å². The first-order chi connectivity index (χ1) is 8.40. The molecule has 4 nitrogen and oxygen atoms in total. The van der Waals surface area contributed by atoms with Crippen molar-refractivity contribution in [2.24, 2.45) is 0 Å². The average Bonchev–Trinajstić information content (AvgIpc) is 2.29. The third-order valence-corrected chi connectivity index (χ3v) is 3.68. The summed E-state index contributed by atoms with van der Waals surface area (Å²) in [4.78, 5) is 20.5. The highest BCUT2D eigenvalue weighted by atomic mass is 31.2. The molecule has 18 heavy (non-hydrogen) atoms. The van der Waals surface area contributed by atoms with E-state index in [1.54, 1.807) is 6.07 Å². The van der Waals surface area contributed by atoms with Gasteiger partial charge in [-0.25, -0.2) is 4.57 Å². The molecule has 0 saturated heterocycles. The Balaban J connectivity index is 2.29. The van der Waals surface area contributed by atoms with Gasteiger partial charge in [0.05, 0.1) is 0 Å². The number of carbonyl (C=O) groups is 1. The van der Waals surface area contributed by atoms with Gasteiger partial charge in [0.25, 0.3) is 0 Å². The number of Topliss-reactive ketones (excluding diaryl/α,β-unsaturated/α-hetero) is 1. The van der Waals surface area contributed by atoms with Crippen LogP contribution in [0.1, 0.15) is 28.8 Å². The third-order valence-electron chi connectivity index (χ3n) is 2.71. The van der Waals surface area contributed by atoms with Crippen molar-refractivity contribution in [1.82, 2.24) is 0 Å². The first kappa shape index (κ1) is 13.2. The lowest BCUT2D eigenvalue weighted by Crippen LogP contribution is -2.11. The number of alkyl halides is 2. The van der Waals surface area contributed by atoms with Gasteiger partial charge in [-0.05, 0) is 30.5 Å². The molecule has 1 aromatic rings. The van der Waals surface area contributed by atoms with Crippen LogP contribution in [0.2, 0.25) is 0 Å². The second-order valence-corrected chi connectivity index (χ2v) is 5.73. The summed E-state index contributed by atoms with van der Waals surface area (Å²) in [6, 6.07) is 4.14. The highest BCUT2D eigenvalue weighted by Crippen LogP contribution is 2.49. The molecule has 1 N–H and O–H groups in total. The Bertz CT molecular complexity index is 530. The zero-order valence-corrected chi connectivity index (χ0v) is 10.2. The molecule has 1 aromatic carbocycles. The van der Waals surface area contributed by atoms with Gasteiger partial charge in [-0.1, -0.05) is 6.07 Å². The van der Waals surface area contributed by atoms with Crippen LogP contribution in [-0.2, 0) is 11.0 Å². The van der Waals surface area contributed by atoms with E-state index in [0.29, 0.717) is 12.0 Å². The molecule has 1 aliphatic carbocycles. The van der Waals surface area contributed by atoms with Crippen LogP contribution in [-0.4, -0.2) is 16.8 Å². The van der Waals surface area contributed by atoms with Crippen molar-refractivity contribution >= 4 is 13.4 Å².